The molecule has 94 valence electrons. The Morgan fingerprint density at radius 3 is 2.88 bits per heavy atom. The Bertz CT molecular complexity index is 384. The fraction of sp³-hybridized carbons (Fsp3) is 0.538. The first-order valence-corrected chi connectivity index (χ1v) is 6.91. The molecule has 3 N–H and O–H groups in total. The lowest BCUT2D eigenvalue weighted by molar-refractivity contribution is 0.240. The van der Waals surface area contributed by atoms with E-state index in [0.717, 1.165) is 23.0 Å². The van der Waals surface area contributed by atoms with Crippen LogP contribution < -0.4 is 10.6 Å². The number of anilines is 1. The quantitative estimate of drug-likeness (QED) is 0.900. The Balaban J connectivity index is 2.25. The van der Waals surface area contributed by atoms with Crippen LogP contribution in [0.2, 0.25) is 0 Å². The Morgan fingerprint density at radius 1 is 1.41 bits per heavy atom. The van der Waals surface area contributed by atoms with Gasteiger partial charge < -0.3 is 15.7 Å². The molecule has 0 bridgehead atoms. The molecule has 1 heterocycles. The first-order valence-electron chi connectivity index (χ1n) is 6.12. The zero-order valence-electron chi connectivity index (χ0n) is 9.90. The number of aliphatic hydroxyl groups excluding tert-OH is 1. The van der Waals surface area contributed by atoms with Gasteiger partial charge in [0.15, 0.2) is 0 Å². The van der Waals surface area contributed by atoms with Gasteiger partial charge in [-0.2, -0.15) is 0 Å². The van der Waals surface area contributed by atoms with E-state index >= 15 is 0 Å². The fourth-order valence-corrected chi connectivity index (χ4v) is 3.07. The van der Waals surface area contributed by atoms with E-state index in [1.165, 1.54) is 18.5 Å². The van der Waals surface area contributed by atoms with E-state index in [-0.39, 0.29) is 12.6 Å². The van der Waals surface area contributed by atoms with Crippen LogP contribution in [0.1, 0.15) is 24.8 Å². The molecule has 1 aliphatic heterocycles. The van der Waals surface area contributed by atoms with Crippen molar-refractivity contribution in [2.75, 3.05) is 18.1 Å². The first-order chi connectivity index (χ1) is 8.26. The minimum absolute atomic E-state index is 0.227. The summed E-state index contributed by atoms with van der Waals surface area (Å²) >= 11 is 3.60. The lowest BCUT2D eigenvalue weighted by Gasteiger charge is -2.37. The van der Waals surface area contributed by atoms with Gasteiger partial charge in [-0.15, -0.1) is 0 Å². The van der Waals surface area contributed by atoms with Crippen LogP contribution in [0, 0.1) is 0 Å². The molecule has 0 aromatic heterocycles. The molecular weight excluding hydrogens is 280 g/mol. The molecule has 0 radical (unpaired) electrons. The van der Waals surface area contributed by atoms with E-state index in [9.17, 15) is 5.11 Å². The molecule has 0 saturated carbocycles. The van der Waals surface area contributed by atoms with Gasteiger partial charge in [0.25, 0.3) is 0 Å². The summed E-state index contributed by atoms with van der Waals surface area (Å²) in [7, 11) is 0. The molecule has 1 fully saturated rings. The maximum absolute atomic E-state index is 9.44. The highest BCUT2D eigenvalue weighted by atomic mass is 79.9. The van der Waals surface area contributed by atoms with Gasteiger partial charge in [0.05, 0.1) is 18.3 Å². The molecule has 1 aromatic rings. The maximum atomic E-state index is 9.44. The first kappa shape index (κ1) is 12.9. The molecule has 3 nitrogen and oxygen atoms in total. The van der Waals surface area contributed by atoms with Crippen molar-refractivity contribution in [1.82, 2.24) is 0 Å². The smallest absolute Gasteiger partial charge is 0.0635 e. The van der Waals surface area contributed by atoms with E-state index in [2.05, 4.69) is 39.0 Å². The number of halogens is 1. The average molecular weight is 299 g/mol. The van der Waals surface area contributed by atoms with Crippen molar-refractivity contribution < 1.29 is 5.11 Å². The molecule has 1 saturated heterocycles. The molecule has 0 amide bonds. The Hall–Kier alpha value is -0.580. The van der Waals surface area contributed by atoms with Crippen molar-refractivity contribution >= 4 is 21.6 Å². The topological polar surface area (TPSA) is 49.5 Å². The van der Waals surface area contributed by atoms with Crippen molar-refractivity contribution in [2.24, 2.45) is 5.73 Å². The predicted octanol–water partition coefficient (Wildman–Crippen LogP) is 2.26. The summed E-state index contributed by atoms with van der Waals surface area (Å²) in [6.45, 7) is 1.80. The minimum atomic E-state index is 0.227. The number of nitrogens with zero attached hydrogens (tertiary/aromatic N) is 1. The summed E-state index contributed by atoms with van der Waals surface area (Å²) in [5, 5.41) is 9.44. The van der Waals surface area contributed by atoms with Gasteiger partial charge in [0, 0.05) is 17.6 Å². The highest BCUT2D eigenvalue weighted by Gasteiger charge is 2.23. The van der Waals surface area contributed by atoms with E-state index < -0.39 is 0 Å². The summed E-state index contributed by atoms with van der Waals surface area (Å²) < 4.78 is 1.07. The molecule has 17 heavy (non-hydrogen) atoms. The van der Waals surface area contributed by atoms with Crippen LogP contribution in [-0.4, -0.2) is 24.3 Å². The second-order valence-corrected chi connectivity index (χ2v) is 5.37. The van der Waals surface area contributed by atoms with Crippen molar-refractivity contribution in [3.05, 3.63) is 28.2 Å². The number of benzene rings is 1. The van der Waals surface area contributed by atoms with Crippen LogP contribution in [-0.2, 0) is 6.54 Å². The van der Waals surface area contributed by atoms with E-state index in [1.807, 2.05) is 0 Å². The largest absolute Gasteiger partial charge is 0.394 e. The van der Waals surface area contributed by atoms with Crippen molar-refractivity contribution in [3.63, 3.8) is 0 Å². The van der Waals surface area contributed by atoms with Crippen LogP contribution >= 0.6 is 15.9 Å². The third kappa shape index (κ3) is 2.81. The van der Waals surface area contributed by atoms with Crippen molar-refractivity contribution in [2.45, 2.75) is 31.8 Å². The van der Waals surface area contributed by atoms with E-state index in [0.29, 0.717) is 6.54 Å². The number of hydrogen-bond acceptors (Lipinski definition) is 3. The van der Waals surface area contributed by atoms with Crippen molar-refractivity contribution in [1.29, 1.82) is 0 Å². The highest BCUT2D eigenvalue weighted by Crippen LogP contribution is 2.32. The summed E-state index contributed by atoms with van der Waals surface area (Å²) in [5.74, 6) is 0. The summed E-state index contributed by atoms with van der Waals surface area (Å²) in [6.07, 6.45) is 3.48. The molecule has 0 spiro atoms. The molecule has 2 rings (SSSR count). The molecule has 4 heteroatoms. The molecule has 1 unspecified atom stereocenters. The third-order valence-electron chi connectivity index (χ3n) is 3.40. The summed E-state index contributed by atoms with van der Waals surface area (Å²) in [5.41, 5.74) is 7.92. The second-order valence-electron chi connectivity index (χ2n) is 4.52. The second kappa shape index (κ2) is 5.85. The lowest BCUT2D eigenvalue weighted by Crippen LogP contribution is -2.42. The molecule has 1 aliphatic rings. The normalized spacial score (nSPS) is 20.6. The van der Waals surface area contributed by atoms with Crippen LogP contribution in [0.4, 0.5) is 5.69 Å². The van der Waals surface area contributed by atoms with Crippen LogP contribution in [0.25, 0.3) is 0 Å². The summed E-state index contributed by atoms with van der Waals surface area (Å²) in [6, 6.07) is 6.48. The SMILES string of the molecule is NCc1ccc(N2CCCCC2CO)c(Br)c1. The molecular formula is C13H19BrN2O. The zero-order valence-corrected chi connectivity index (χ0v) is 11.5. The minimum Gasteiger partial charge on any atom is -0.394 e. The molecule has 0 aliphatic carbocycles. The van der Waals surface area contributed by atoms with Gasteiger partial charge in [-0.1, -0.05) is 6.07 Å². The third-order valence-corrected chi connectivity index (χ3v) is 4.03. The van der Waals surface area contributed by atoms with Gasteiger partial charge in [0.1, 0.15) is 0 Å². The highest BCUT2D eigenvalue weighted by molar-refractivity contribution is 9.10. The number of rotatable bonds is 3. The monoisotopic (exact) mass is 298 g/mol. The number of piperidine rings is 1. The van der Waals surface area contributed by atoms with Crippen LogP contribution in [0.5, 0.6) is 0 Å². The maximum Gasteiger partial charge on any atom is 0.0635 e. The zero-order chi connectivity index (χ0) is 12.3. The molecule has 1 atom stereocenters. The number of nitrogens with two attached hydrogens (primary N) is 1. The van der Waals surface area contributed by atoms with E-state index in [4.69, 9.17) is 5.73 Å². The Kier molecular flexibility index (Phi) is 4.42. The number of hydrogen-bond donors (Lipinski definition) is 2. The summed E-state index contributed by atoms with van der Waals surface area (Å²) in [4.78, 5) is 2.30. The Morgan fingerprint density at radius 2 is 2.24 bits per heavy atom. The average Bonchev–Trinajstić information content (AvgIpc) is 2.38. The van der Waals surface area contributed by atoms with Gasteiger partial charge in [-0.05, 0) is 52.9 Å². The fourth-order valence-electron chi connectivity index (χ4n) is 2.42. The van der Waals surface area contributed by atoms with Gasteiger partial charge in [0.2, 0.25) is 0 Å². The van der Waals surface area contributed by atoms with E-state index in [1.54, 1.807) is 0 Å². The van der Waals surface area contributed by atoms with Crippen LogP contribution in [0.3, 0.4) is 0 Å². The van der Waals surface area contributed by atoms with Gasteiger partial charge >= 0.3 is 0 Å². The van der Waals surface area contributed by atoms with Crippen molar-refractivity contribution in [3.8, 4) is 0 Å². The number of aliphatic hydroxyl groups is 1. The standard InChI is InChI=1S/C13H19BrN2O/c14-12-7-10(8-15)4-5-13(12)16-6-2-1-3-11(16)9-17/h4-5,7,11,17H,1-3,6,8-9,15H2. The van der Waals surface area contributed by atoms with Gasteiger partial charge in [-0.3, -0.25) is 0 Å². The molecule has 1 aromatic carbocycles. The lowest BCUT2D eigenvalue weighted by atomic mass is 10.0. The van der Waals surface area contributed by atoms with Crippen LogP contribution in [0.15, 0.2) is 22.7 Å². The predicted molar refractivity (Wildman–Crippen MR) is 74.1 cm³/mol. The van der Waals surface area contributed by atoms with Gasteiger partial charge in [-0.25, -0.2) is 0 Å². The Labute approximate surface area is 111 Å².